The van der Waals surface area contributed by atoms with E-state index >= 15 is 0 Å². The van der Waals surface area contributed by atoms with Crippen molar-refractivity contribution in [3.63, 3.8) is 0 Å². The summed E-state index contributed by atoms with van der Waals surface area (Å²) in [6.07, 6.45) is 2.68. The zero-order valence-electron chi connectivity index (χ0n) is 13.1. The lowest BCUT2D eigenvalue weighted by Gasteiger charge is -2.15. The van der Waals surface area contributed by atoms with E-state index in [1.807, 2.05) is 54.6 Å². The third kappa shape index (κ3) is 2.95. The van der Waals surface area contributed by atoms with E-state index < -0.39 is 5.97 Å². The Bertz CT molecular complexity index is 841. The molecule has 1 heterocycles. The Labute approximate surface area is 135 Å². The van der Waals surface area contributed by atoms with Crippen LogP contribution in [0.5, 0.6) is 0 Å². The number of para-hydroxylation sites is 1. The number of carboxylic acids is 1. The first-order valence-corrected chi connectivity index (χ1v) is 7.92. The van der Waals surface area contributed by atoms with Gasteiger partial charge in [0.1, 0.15) is 0 Å². The Morgan fingerprint density at radius 1 is 1.04 bits per heavy atom. The predicted molar refractivity (Wildman–Crippen MR) is 92.8 cm³/mol. The van der Waals surface area contributed by atoms with Crippen molar-refractivity contribution in [2.45, 2.75) is 26.2 Å². The van der Waals surface area contributed by atoms with Gasteiger partial charge in [-0.15, -0.1) is 0 Å². The van der Waals surface area contributed by atoms with E-state index in [1.54, 1.807) is 0 Å². The second-order valence-electron chi connectivity index (χ2n) is 5.61. The van der Waals surface area contributed by atoms with Crippen molar-refractivity contribution in [1.82, 2.24) is 4.98 Å². The summed E-state index contributed by atoms with van der Waals surface area (Å²) in [5.74, 6) is -0.883. The van der Waals surface area contributed by atoms with Crippen molar-refractivity contribution in [2.75, 3.05) is 0 Å². The van der Waals surface area contributed by atoms with Gasteiger partial charge >= 0.3 is 5.97 Å². The number of nitrogens with zero attached hydrogens (tertiary/aromatic N) is 1. The van der Waals surface area contributed by atoms with E-state index in [4.69, 9.17) is 4.98 Å². The van der Waals surface area contributed by atoms with Crippen LogP contribution in [0.2, 0.25) is 0 Å². The second-order valence-corrected chi connectivity index (χ2v) is 5.61. The highest BCUT2D eigenvalue weighted by Crippen LogP contribution is 2.31. The molecule has 3 aromatic rings. The summed E-state index contributed by atoms with van der Waals surface area (Å²) in [6, 6.07) is 17.3. The first-order valence-electron chi connectivity index (χ1n) is 7.92. The zero-order chi connectivity index (χ0) is 16.2. The highest BCUT2D eigenvalue weighted by molar-refractivity contribution is 6.05. The molecule has 0 fully saturated rings. The minimum Gasteiger partial charge on any atom is -0.478 e. The lowest BCUT2D eigenvalue weighted by molar-refractivity contribution is 0.0698. The summed E-state index contributed by atoms with van der Waals surface area (Å²) in [5, 5.41) is 10.5. The van der Waals surface area contributed by atoms with E-state index in [9.17, 15) is 9.90 Å². The molecule has 116 valence electrons. The summed E-state index contributed by atoms with van der Waals surface area (Å²) >= 11 is 0. The van der Waals surface area contributed by atoms with Gasteiger partial charge in [-0.25, -0.2) is 9.78 Å². The van der Waals surface area contributed by atoms with Crippen molar-refractivity contribution in [2.24, 2.45) is 0 Å². The number of carbonyl (C=O) groups is 1. The molecule has 0 aliphatic heterocycles. The Balaban J connectivity index is 2.35. The highest BCUT2D eigenvalue weighted by Gasteiger charge is 2.20. The quantitative estimate of drug-likeness (QED) is 0.726. The Hall–Kier alpha value is -2.68. The van der Waals surface area contributed by atoms with Gasteiger partial charge in [-0.3, -0.25) is 0 Å². The van der Waals surface area contributed by atoms with Gasteiger partial charge in [0, 0.05) is 10.9 Å². The van der Waals surface area contributed by atoms with Crippen LogP contribution < -0.4 is 0 Å². The first kappa shape index (κ1) is 15.2. The van der Waals surface area contributed by atoms with Crippen LogP contribution in [0.4, 0.5) is 0 Å². The van der Waals surface area contributed by atoms with E-state index in [0.717, 1.165) is 41.6 Å². The fourth-order valence-corrected chi connectivity index (χ4v) is 2.93. The van der Waals surface area contributed by atoms with E-state index in [0.29, 0.717) is 10.9 Å². The number of hydrogen-bond acceptors (Lipinski definition) is 2. The molecule has 3 nitrogen and oxygen atoms in total. The standard InChI is InChI=1S/C20H19NO2/c1-2-3-11-16-18(20(22)23)15-12-7-8-13-17(15)21-19(16)14-9-5-4-6-10-14/h4-10,12-13H,2-3,11H2,1H3,(H,22,23). The number of hydrogen-bond donors (Lipinski definition) is 1. The van der Waals surface area contributed by atoms with Crippen molar-refractivity contribution >= 4 is 16.9 Å². The van der Waals surface area contributed by atoms with Crippen LogP contribution in [0, 0.1) is 0 Å². The normalized spacial score (nSPS) is 10.8. The Morgan fingerprint density at radius 2 is 1.74 bits per heavy atom. The zero-order valence-corrected chi connectivity index (χ0v) is 13.1. The van der Waals surface area contributed by atoms with E-state index in [1.165, 1.54) is 0 Å². The Morgan fingerprint density at radius 3 is 2.43 bits per heavy atom. The van der Waals surface area contributed by atoms with Crippen molar-refractivity contribution in [3.05, 3.63) is 65.7 Å². The molecular weight excluding hydrogens is 286 g/mol. The molecule has 0 saturated carbocycles. The number of aromatic carboxylic acids is 1. The van der Waals surface area contributed by atoms with Gasteiger partial charge < -0.3 is 5.11 Å². The van der Waals surface area contributed by atoms with Gasteiger partial charge in [-0.05, 0) is 24.5 Å². The molecule has 2 aromatic carbocycles. The van der Waals surface area contributed by atoms with Gasteiger partial charge in [-0.2, -0.15) is 0 Å². The van der Waals surface area contributed by atoms with Crippen LogP contribution in [0.25, 0.3) is 22.2 Å². The number of aromatic nitrogens is 1. The molecule has 3 heteroatoms. The Kier molecular flexibility index (Phi) is 4.38. The van der Waals surface area contributed by atoms with Crippen LogP contribution in [-0.4, -0.2) is 16.1 Å². The average molecular weight is 305 g/mol. The SMILES string of the molecule is CCCCc1c(-c2ccccc2)nc2ccccc2c1C(=O)O. The first-order chi connectivity index (χ1) is 11.2. The molecule has 0 aliphatic carbocycles. The number of benzene rings is 2. The predicted octanol–water partition coefficient (Wildman–Crippen LogP) is 4.94. The fourth-order valence-electron chi connectivity index (χ4n) is 2.93. The average Bonchev–Trinajstić information content (AvgIpc) is 2.59. The van der Waals surface area contributed by atoms with Crippen LogP contribution in [-0.2, 0) is 6.42 Å². The molecule has 0 unspecified atom stereocenters. The molecule has 1 aromatic heterocycles. The summed E-state index contributed by atoms with van der Waals surface area (Å²) in [7, 11) is 0. The maximum atomic E-state index is 12.0. The van der Waals surface area contributed by atoms with E-state index in [2.05, 4.69) is 6.92 Å². The van der Waals surface area contributed by atoms with Crippen LogP contribution in [0.1, 0.15) is 35.7 Å². The van der Waals surface area contributed by atoms with Crippen LogP contribution in [0.15, 0.2) is 54.6 Å². The van der Waals surface area contributed by atoms with Gasteiger partial charge in [0.25, 0.3) is 0 Å². The second kappa shape index (κ2) is 6.61. The third-order valence-corrected chi connectivity index (χ3v) is 4.03. The largest absolute Gasteiger partial charge is 0.478 e. The number of carboxylic acid groups (broad SMARTS) is 1. The summed E-state index contributed by atoms with van der Waals surface area (Å²) in [4.78, 5) is 16.7. The lowest BCUT2D eigenvalue weighted by atomic mass is 9.93. The molecule has 23 heavy (non-hydrogen) atoms. The highest BCUT2D eigenvalue weighted by atomic mass is 16.4. The summed E-state index contributed by atoms with van der Waals surface area (Å²) in [5.41, 5.74) is 3.71. The minimum atomic E-state index is -0.883. The van der Waals surface area contributed by atoms with Crippen molar-refractivity contribution < 1.29 is 9.90 Å². The molecule has 0 spiro atoms. The van der Waals surface area contributed by atoms with Crippen molar-refractivity contribution in [1.29, 1.82) is 0 Å². The number of rotatable bonds is 5. The molecule has 0 bridgehead atoms. The molecule has 3 rings (SSSR count). The van der Waals surface area contributed by atoms with Gasteiger partial charge in [0.15, 0.2) is 0 Å². The lowest BCUT2D eigenvalue weighted by Crippen LogP contribution is -2.08. The fraction of sp³-hybridized carbons (Fsp3) is 0.200. The van der Waals surface area contributed by atoms with Gasteiger partial charge in [0.05, 0.1) is 16.8 Å². The summed E-state index contributed by atoms with van der Waals surface area (Å²) in [6.45, 7) is 2.11. The monoisotopic (exact) mass is 305 g/mol. The molecule has 0 aliphatic rings. The van der Waals surface area contributed by atoms with Crippen LogP contribution in [0.3, 0.4) is 0 Å². The number of unbranched alkanes of at least 4 members (excludes halogenated alkanes) is 1. The number of pyridine rings is 1. The molecule has 0 amide bonds. The molecule has 0 radical (unpaired) electrons. The molecule has 1 N–H and O–H groups in total. The minimum absolute atomic E-state index is 0.392. The smallest absolute Gasteiger partial charge is 0.336 e. The molecule has 0 atom stereocenters. The molecular formula is C20H19NO2. The van der Waals surface area contributed by atoms with E-state index in [-0.39, 0.29) is 0 Å². The number of fused-ring (bicyclic) bond motifs is 1. The van der Waals surface area contributed by atoms with Gasteiger partial charge in [0.2, 0.25) is 0 Å². The van der Waals surface area contributed by atoms with Crippen LogP contribution >= 0.6 is 0 Å². The summed E-state index contributed by atoms with van der Waals surface area (Å²) < 4.78 is 0. The maximum Gasteiger partial charge on any atom is 0.336 e. The topological polar surface area (TPSA) is 50.2 Å². The maximum absolute atomic E-state index is 12.0. The molecule has 0 saturated heterocycles. The third-order valence-electron chi connectivity index (χ3n) is 4.03. The van der Waals surface area contributed by atoms with Crippen molar-refractivity contribution in [3.8, 4) is 11.3 Å². The van der Waals surface area contributed by atoms with Gasteiger partial charge in [-0.1, -0.05) is 61.9 Å².